The molecule has 8 nitrogen and oxygen atoms in total. The van der Waals surface area contributed by atoms with Gasteiger partial charge in [-0.15, -0.1) is 0 Å². The summed E-state index contributed by atoms with van der Waals surface area (Å²) in [4.78, 5) is 30.2. The molecule has 48 heavy (non-hydrogen) atoms. The third-order valence-corrected chi connectivity index (χ3v) is 11.2. The number of hydrogen-bond acceptors (Lipinski definition) is 5. The maximum absolute atomic E-state index is 14.7. The van der Waals surface area contributed by atoms with Gasteiger partial charge in [0.1, 0.15) is 18.3 Å². The van der Waals surface area contributed by atoms with E-state index in [1.807, 2.05) is 30.3 Å². The predicted molar refractivity (Wildman–Crippen MR) is 190 cm³/mol. The van der Waals surface area contributed by atoms with Crippen molar-refractivity contribution in [3.05, 3.63) is 123 Å². The molecule has 4 aromatic carbocycles. The molecule has 5 rings (SSSR count). The van der Waals surface area contributed by atoms with Crippen LogP contribution in [0.3, 0.4) is 0 Å². The van der Waals surface area contributed by atoms with E-state index in [0.717, 1.165) is 35.6 Å². The molecular formula is C36H36Cl3N3O5S. The zero-order valence-electron chi connectivity index (χ0n) is 26.3. The van der Waals surface area contributed by atoms with E-state index in [0.29, 0.717) is 26.4 Å². The molecule has 252 valence electrons. The fourth-order valence-corrected chi connectivity index (χ4v) is 7.84. The maximum atomic E-state index is 14.7. The fourth-order valence-electron chi connectivity index (χ4n) is 5.79. The Labute approximate surface area is 296 Å². The molecule has 0 aromatic heterocycles. The van der Waals surface area contributed by atoms with Crippen molar-refractivity contribution < 1.29 is 22.7 Å². The molecule has 0 aliphatic heterocycles. The standard InChI is InChI=1S/C36H36Cl3N3O5S/c1-47-29-18-20-30(21-19-29)48(45,46)42(28-16-14-26(37)15-17-28)24-35(43)41(23-31-32(38)12-7-13-33(31)39)34(22-25-8-3-2-4-9-25)36(44)40-27-10-5-6-11-27/h2-4,7-9,12-21,27,34H,5-6,10-11,22-24H2,1H3,(H,40,44). The number of benzene rings is 4. The fraction of sp³-hybridized carbons (Fsp3) is 0.278. The molecule has 1 atom stereocenters. The number of anilines is 1. The highest BCUT2D eigenvalue weighted by molar-refractivity contribution is 7.92. The van der Waals surface area contributed by atoms with Crippen LogP contribution in [0.25, 0.3) is 0 Å². The molecule has 0 saturated heterocycles. The third kappa shape index (κ3) is 8.63. The average molecular weight is 729 g/mol. The summed E-state index contributed by atoms with van der Waals surface area (Å²) in [7, 11) is -2.82. The largest absolute Gasteiger partial charge is 0.497 e. The molecule has 1 fully saturated rings. The van der Waals surface area contributed by atoms with Crippen LogP contribution < -0.4 is 14.4 Å². The second kappa shape index (κ2) is 16.1. The van der Waals surface area contributed by atoms with Crippen molar-refractivity contribution in [1.29, 1.82) is 0 Å². The molecule has 0 bridgehead atoms. The molecular weight excluding hydrogens is 693 g/mol. The number of methoxy groups -OCH3 is 1. The summed E-state index contributed by atoms with van der Waals surface area (Å²) in [6.45, 7) is -0.760. The Hall–Kier alpha value is -3.76. The van der Waals surface area contributed by atoms with Gasteiger partial charge < -0.3 is 15.0 Å². The number of nitrogens with zero attached hydrogens (tertiary/aromatic N) is 2. The lowest BCUT2D eigenvalue weighted by Crippen LogP contribution is -2.54. The molecule has 4 aromatic rings. The molecule has 1 aliphatic rings. The van der Waals surface area contributed by atoms with Crippen LogP contribution in [0.4, 0.5) is 5.69 Å². The lowest BCUT2D eigenvalue weighted by atomic mass is 10.0. The van der Waals surface area contributed by atoms with E-state index in [9.17, 15) is 18.0 Å². The highest BCUT2D eigenvalue weighted by Crippen LogP contribution is 2.30. The topological polar surface area (TPSA) is 96.0 Å². The summed E-state index contributed by atoms with van der Waals surface area (Å²) in [5, 5.41) is 4.18. The van der Waals surface area contributed by atoms with E-state index in [-0.39, 0.29) is 35.5 Å². The van der Waals surface area contributed by atoms with E-state index in [1.54, 1.807) is 30.3 Å². The molecule has 1 unspecified atom stereocenters. The van der Waals surface area contributed by atoms with Crippen molar-refractivity contribution >= 4 is 62.3 Å². The van der Waals surface area contributed by atoms with Gasteiger partial charge in [0, 0.05) is 39.6 Å². The first-order chi connectivity index (χ1) is 23.1. The number of amides is 2. The lowest BCUT2D eigenvalue weighted by Gasteiger charge is -2.34. The van der Waals surface area contributed by atoms with Gasteiger partial charge >= 0.3 is 0 Å². The monoisotopic (exact) mass is 727 g/mol. The number of hydrogen-bond donors (Lipinski definition) is 1. The van der Waals surface area contributed by atoms with Gasteiger partial charge in [0.2, 0.25) is 11.8 Å². The van der Waals surface area contributed by atoms with E-state index < -0.39 is 28.5 Å². The smallest absolute Gasteiger partial charge is 0.264 e. The summed E-state index contributed by atoms with van der Waals surface area (Å²) >= 11 is 19.4. The van der Waals surface area contributed by atoms with Crippen molar-refractivity contribution in [2.45, 2.75) is 55.6 Å². The first-order valence-corrected chi connectivity index (χ1v) is 18.1. The van der Waals surface area contributed by atoms with Crippen molar-refractivity contribution in [2.75, 3.05) is 18.0 Å². The van der Waals surface area contributed by atoms with E-state index in [4.69, 9.17) is 39.5 Å². The van der Waals surface area contributed by atoms with E-state index in [2.05, 4.69) is 5.32 Å². The zero-order valence-corrected chi connectivity index (χ0v) is 29.4. The van der Waals surface area contributed by atoms with Crippen molar-refractivity contribution in [3.8, 4) is 5.75 Å². The summed E-state index contributed by atoms with van der Waals surface area (Å²) in [5.74, 6) is -0.484. The van der Waals surface area contributed by atoms with Gasteiger partial charge in [0.05, 0.1) is 17.7 Å². The Kier molecular flexibility index (Phi) is 11.9. The van der Waals surface area contributed by atoms with Crippen molar-refractivity contribution in [3.63, 3.8) is 0 Å². The van der Waals surface area contributed by atoms with Crippen LogP contribution >= 0.6 is 34.8 Å². The van der Waals surface area contributed by atoms with Crippen LogP contribution in [0, 0.1) is 0 Å². The van der Waals surface area contributed by atoms with Crippen LogP contribution in [0.15, 0.2) is 102 Å². The molecule has 0 heterocycles. The first kappa shape index (κ1) is 35.5. The molecule has 1 saturated carbocycles. The number of sulfonamides is 1. The van der Waals surface area contributed by atoms with Crippen molar-refractivity contribution in [2.24, 2.45) is 0 Å². The van der Waals surface area contributed by atoms with Crippen molar-refractivity contribution in [1.82, 2.24) is 10.2 Å². The van der Waals surface area contributed by atoms with Gasteiger partial charge in [-0.1, -0.05) is 84.0 Å². The SMILES string of the molecule is COc1ccc(S(=O)(=O)N(CC(=O)N(Cc2c(Cl)cccc2Cl)C(Cc2ccccc2)C(=O)NC2CCCC2)c2ccc(Cl)cc2)cc1. The summed E-state index contributed by atoms with van der Waals surface area (Å²) < 4.78 is 34.7. The average Bonchev–Trinajstić information content (AvgIpc) is 3.60. The number of nitrogens with one attached hydrogen (secondary N) is 1. The quantitative estimate of drug-likeness (QED) is 0.154. The number of carbonyl (C=O) groups is 2. The molecule has 12 heteroatoms. The Bertz CT molecular complexity index is 1800. The lowest BCUT2D eigenvalue weighted by molar-refractivity contribution is -0.140. The van der Waals surface area contributed by atoms with Gasteiger partial charge in [-0.25, -0.2) is 8.42 Å². The molecule has 1 aliphatic carbocycles. The Balaban J connectivity index is 1.59. The summed E-state index contributed by atoms with van der Waals surface area (Å²) in [6, 6.07) is 25.4. The van der Waals surface area contributed by atoms with Crippen LogP contribution in [0.5, 0.6) is 5.75 Å². The molecule has 0 radical (unpaired) electrons. The minimum absolute atomic E-state index is 0.0161. The van der Waals surface area contributed by atoms with Gasteiger partial charge in [0.25, 0.3) is 10.0 Å². The normalized spacial score (nSPS) is 13.9. The third-order valence-electron chi connectivity index (χ3n) is 8.40. The van der Waals surface area contributed by atoms with E-state index in [1.165, 1.54) is 48.4 Å². The van der Waals surface area contributed by atoms with Gasteiger partial charge in [-0.2, -0.15) is 0 Å². The summed E-state index contributed by atoms with van der Waals surface area (Å²) in [6.07, 6.45) is 3.88. The Morgan fingerprint density at radius 1 is 0.854 bits per heavy atom. The second-order valence-corrected chi connectivity index (χ2v) is 14.7. The number of rotatable bonds is 13. The Morgan fingerprint density at radius 3 is 2.08 bits per heavy atom. The minimum Gasteiger partial charge on any atom is -0.497 e. The highest BCUT2D eigenvalue weighted by atomic mass is 35.5. The van der Waals surface area contributed by atoms with Crippen LogP contribution in [-0.2, 0) is 32.6 Å². The van der Waals surface area contributed by atoms with Crippen LogP contribution in [0.1, 0.15) is 36.8 Å². The molecule has 0 spiro atoms. The number of carbonyl (C=O) groups excluding carboxylic acids is 2. The molecule has 2 amide bonds. The zero-order chi connectivity index (χ0) is 34.3. The van der Waals surface area contributed by atoms with E-state index >= 15 is 0 Å². The predicted octanol–water partition coefficient (Wildman–Crippen LogP) is 7.55. The second-order valence-electron chi connectivity index (χ2n) is 11.6. The number of ether oxygens (including phenoxy) is 1. The minimum atomic E-state index is -4.30. The number of halogens is 3. The van der Waals surface area contributed by atoms with Gasteiger partial charge in [0.15, 0.2) is 0 Å². The van der Waals surface area contributed by atoms with Crippen LogP contribution in [-0.4, -0.2) is 50.9 Å². The first-order valence-electron chi connectivity index (χ1n) is 15.6. The Morgan fingerprint density at radius 2 is 1.48 bits per heavy atom. The maximum Gasteiger partial charge on any atom is 0.264 e. The van der Waals surface area contributed by atoms with Gasteiger partial charge in [-0.3, -0.25) is 13.9 Å². The highest BCUT2D eigenvalue weighted by Gasteiger charge is 2.36. The molecule has 1 N–H and O–H groups in total. The van der Waals surface area contributed by atoms with Crippen LogP contribution in [0.2, 0.25) is 15.1 Å². The van der Waals surface area contributed by atoms with Gasteiger partial charge in [-0.05, 0) is 79.1 Å². The summed E-state index contributed by atoms with van der Waals surface area (Å²) in [5.41, 5.74) is 1.49.